The maximum Gasteiger partial charge on any atom is 0.172 e. The van der Waals surface area contributed by atoms with Crippen LogP contribution in [0.5, 0.6) is 46.0 Å². The molecule has 0 amide bonds. The summed E-state index contributed by atoms with van der Waals surface area (Å²) in [4.78, 5) is 0. The number of rotatable bonds is 1. The summed E-state index contributed by atoms with van der Waals surface area (Å²) in [5, 5.41) is 30.7. The van der Waals surface area contributed by atoms with Gasteiger partial charge >= 0.3 is 0 Å². The molecule has 2 aliphatic heterocycles. The van der Waals surface area contributed by atoms with Gasteiger partial charge < -0.3 is 29.5 Å². The molecule has 178 valence electrons. The van der Waals surface area contributed by atoms with Gasteiger partial charge in [0.25, 0.3) is 0 Å². The third-order valence-electron chi connectivity index (χ3n) is 6.19. The van der Waals surface area contributed by atoms with E-state index >= 15 is 0 Å². The lowest BCUT2D eigenvalue weighted by atomic mass is 10.0. The lowest BCUT2D eigenvalue weighted by Crippen LogP contribution is -2.01. The average Bonchev–Trinajstić information content (AvgIpc) is 2.86. The Labute approximate surface area is 203 Å². The van der Waals surface area contributed by atoms with Crippen LogP contribution in [0.15, 0.2) is 72.8 Å². The molecule has 0 aromatic heterocycles. The van der Waals surface area contributed by atoms with Gasteiger partial charge in [0, 0.05) is 6.07 Å². The molecule has 2 aliphatic rings. The fraction of sp³-hybridized carbons (Fsp3) is 0.172. The summed E-state index contributed by atoms with van der Waals surface area (Å²) in [6.45, 7) is 0. The third-order valence-corrected chi connectivity index (χ3v) is 6.19. The fourth-order valence-electron chi connectivity index (χ4n) is 4.24. The van der Waals surface area contributed by atoms with Gasteiger partial charge in [-0.2, -0.15) is 0 Å². The van der Waals surface area contributed by atoms with Crippen molar-refractivity contribution in [2.75, 3.05) is 7.11 Å². The molecule has 0 fully saturated rings. The monoisotopic (exact) mass is 470 g/mol. The van der Waals surface area contributed by atoms with Crippen molar-refractivity contribution in [3.05, 3.63) is 95.1 Å². The summed E-state index contributed by atoms with van der Waals surface area (Å²) in [6, 6.07) is 21.8. The number of benzene rings is 4. The minimum atomic E-state index is -0.258. The van der Waals surface area contributed by atoms with Gasteiger partial charge in [-0.05, 0) is 84.3 Å². The number of phenolic OH excluding ortho intramolecular Hbond substituents is 3. The van der Waals surface area contributed by atoms with E-state index in [0.717, 1.165) is 28.7 Å². The number of methoxy groups -OCH3 is 1. The number of phenols is 3. The van der Waals surface area contributed by atoms with E-state index in [4.69, 9.17) is 14.2 Å². The zero-order valence-corrected chi connectivity index (χ0v) is 19.3. The second-order valence-electron chi connectivity index (χ2n) is 8.55. The molecule has 3 N–H and O–H groups in total. The first-order valence-electron chi connectivity index (χ1n) is 11.5. The molecule has 35 heavy (non-hydrogen) atoms. The minimum absolute atomic E-state index is 0.0598. The predicted octanol–water partition coefficient (Wildman–Crippen LogP) is 6.28. The summed E-state index contributed by atoms with van der Waals surface area (Å²) in [6.07, 6.45) is 2.58. The van der Waals surface area contributed by atoms with Gasteiger partial charge in [0.2, 0.25) is 0 Å². The number of hydrogen-bond acceptors (Lipinski definition) is 6. The Balaban J connectivity index is 1.61. The Morgan fingerprint density at radius 2 is 1.34 bits per heavy atom. The van der Waals surface area contributed by atoms with Crippen molar-refractivity contribution in [1.82, 2.24) is 0 Å². The van der Waals surface area contributed by atoms with Crippen LogP contribution in [0.2, 0.25) is 0 Å². The van der Waals surface area contributed by atoms with Gasteiger partial charge in [0.1, 0.15) is 11.5 Å². The first kappa shape index (κ1) is 22.5. The number of ether oxygens (including phenoxy) is 3. The van der Waals surface area contributed by atoms with Crippen LogP contribution in [0.3, 0.4) is 0 Å². The van der Waals surface area contributed by atoms with Gasteiger partial charge in [0.05, 0.1) is 7.11 Å². The van der Waals surface area contributed by atoms with Crippen molar-refractivity contribution in [2.45, 2.75) is 25.7 Å². The fourth-order valence-corrected chi connectivity index (χ4v) is 4.24. The van der Waals surface area contributed by atoms with Crippen molar-refractivity contribution in [2.24, 2.45) is 0 Å². The Bertz CT molecular complexity index is 1360. The second kappa shape index (κ2) is 9.50. The number of hydrogen-bond donors (Lipinski definition) is 3. The van der Waals surface area contributed by atoms with Crippen LogP contribution >= 0.6 is 0 Å². The second-order valence-corrected chi connectivity index (χ2v) is 8.55. The van der Waals surface area contributed by atoms with Crippen molar-refractivity contribution in [3.63, 3.8) is 0 Å². The third kappa shape index (κ3) is 4.82. The molecule has 2 heterocycles. The highest BCUT2D eigenvalue weighted by molar-refractivity contribution is 5.55. The molecule has 6 rings (SSSR count). The molecule has 6 nitrogen and oxygen atoms in total. The molecule has 4 bridgehead atoms. The Hall–Kier alpha value is -4.32. The number of aromatic hydroxyl groups is 3. The molecular weight excluding hydrogens is 444 g/mol. The van der Waals surface area contributed by atoms with Gasteiger partial charge in [-0.3, -0.25) is 0 Å². The Morgan fingerprint density at radius 3 is 2.14 bits per heavy atom. The smallest absolute Gasteiger partial charge is 0.172 e. The topological polar surface area (TPSA) is 88.4 Å². The van der Waals surface area contributed by atoms with Gasteiger partial charge in [0.15, 0.2) is 34.5 Å². The van der Waals surface area contributed by atoms with E-state index in [2.05, 4.69) is 0 Å². The largest absolute Gasteiger partial charge is 0.504 e. The molecule has 0 aliphatic carbocycles. The van der Waals surface area contributed by atoms with Gasteiger partial charge in [-0.1, -0.05) is 30.3 Å². The van der Waals surface area contributed by atoms with E-state index in [0.29, 0.717) is 48.0 Å². The quantitative estimate of drug-likeness (QED) is 0.284. The Morgan fingerprint density at radius 1 is 0.629 bits per heavy atom. The van der Waals surface area contributed by atoms with Crippen LogP contribution in [0.1, 0.15) is 22.3 Å². The van der Waals surface area contributed by atoms with E-state index in [-0.39, 0.29) is 17.2 Å². The van der Waals surface area contributed by atoms with Crippen molar-refractivity contribution in [3.8, 4) is 46.0 Å². The summed E-state index contributed by atoms with van der Waals surface area (Å²) < 4.78 is 17.9. The van der Waals surface area contributed by atoms with E-state index < -0.39 is 0 Å². The van der Waals surface area contributed by atoms with Crippen LogP contribution in [0.4, 0.5) is 0 Å². The van der Waals surface area contributed by atoms with Crippen molar-refractivity contribution >= 4 is 0 Å². The highest BCUT2D eigenvalue weighted by Gasteiger charge is 2.17. The van der Waals surface area contributed by atoms with E-state index in [1.807, 2.05) is 48.5 Å². The normalized spacial score (nSPS) is 13.1. The molecule has 0 saturated heterocycles. The van der Waals surface area contributed by atoms with Gasteiger partial charge in [-0.15, -0.1) is 0 Å². The zero-order valence-electron chi connectivity index (χ0n) is 19.3. The molecule has 6 heteroatoms. The first-order valence-corrected chi connectivity index (χ1v) is 11.5. The zero-order chi connectivity index (χ0) is 24.4. The molecular formula is C29H26O6. The van der Waals surface area contributed by atoms with E-state index in [9.17, 15) is 15.3 Å². The lowest BCUT2D eigenvalue weighted by Gasteiger charge is -2.18. The van der Waals surface area contributed by atoms with Crippen molar-refractivity contribution in [1.29, 1.82) is 0 Å². The average molecular weight is 471 g/mol. The summed E-state index contributed by atoms with van der Waals surface area (Å²) in [5.41, 5.74) is 3.75. The standard InChI is InChI=1S/C29H26O6/c1-33-26-4-2-3-20-10-5-18-7-12-22(13-8-18)34-28-15-19(9-14-23(28)30)6-11-21-16-24(31)25(32)17-27(21)35-29(20)26/h2-4,7-9,12-17,30-32H,5-6,10-11H2,1H3. The van der Waals surface area contributed by atoms with E-state index in [1.165, 1.54) is 12.1 Å². The maximum absolute atomic E-state index is 10.3. The highest BCUT2D eigenvalue weighted by Crippen LogP contribution is 2.41. The minimum Gasteiger partial charge on any atom is -0.504 e. The summed E-state index contributed by atoms with van der Waals surface area (Å²) in [5.74, 6) is 2.21. The first-order chi connectivity index (χ1) is 17.0. The van der Waals surface area contributed by atoms with Crippen LogP contribution in [0, 0.1) is 0 Å². The van der Waals surface area contributed by atoms with Gasteiger partial charge in [-0.25, -0.2) is 0 Å². The Kier molecular flexibility index (Phi) is 6.10. The summed E-state index contributed by atoms with van der Waals surface area (Å²) in [7, 11) is 1.60. The molecule has 4 aromatic carbocycles. The molecule has 0 unspecified atom stereocenters. The van der Waals surface area contributed by atoms with Crippen LogP contribution in [0.25, 0.3) is 0 Å². The predicted molar refractivity (Wildman–Crippen MR) is 132 cm³/mol. The molecule has 0 radical (unpaired) electrons. The number of fused-ring (bicyclic) bond motifs is 4. The van der Waals surface area contributed by atoms with E-state index in [1.54, 1.807) is 19.2 Å². The van der Waals surface area contributed by atoms with Crippen LogP contribution < -0.4 is 14.2 Å². The van der Waals surface area contributed by atoms with Crippen LogP contribution in [-0.4, -0.2) is 22.4 Å². The highest BCUT2D eigenvalue weighted by atomic mass is 16.5. The molecule has 4 aromatic rings. The molecule has 0 atom stereocenters. The summed E-state index contributed by atoms with van der Waals surface area (Å²) >= 11 is 0. The number of para-hydroxylation sites is 1. The molecule has 0 saturated carbocycles. The SMILES string of the molecule is COc1cccc2c1Oc1cc(O)c(O)cc1CCc1ccc(O)c(c1)Oc1ccc(cc1)CC2. The van der Waals surface area contributed by atoms with Crippen LogP contribution in [-0.2, 0) is 25.7 Å². The van der Waals surface area contributed by atoms with Crippen molar-refractivity contribution < 1.29 is 29.5 Å². The number of aryl methyl sites for hydroxylation is 4. The maximum atomic E-state index is 10.3. The molecule has 0 spiro atoms. The lowest BCUT2D eigenvalue weighted by molar-refractivity contribution is 0.370.